The molecule has 0 aliphatic heterocycles. The number of ether oxygens (including phenoxy) is 1. The van der Waals surface area contributed by atoms with Gasteiger partial charge >= 0.3 is 11.9 Å². The van der Waals surface area contributed by atoms with Crippen LogP contribution in [0.15, 0.2) is 54.6 Å². The van der Waals surface area contributed by atoms with E-state index in [0.29, 0.717) is 0 Å². The third kappa shape index (κ3) is 2.62. The molecule has 0 spiro atoms. The molecule has 0 saturated heterocycles. The number of benzene rings is 2. The Bertz CT molecular complexity index is 935. The predicted molar refractivity (Wildman–Crippen MR) is 98.1 cm³/mol. The van der Waals surface area contributed by atoms with Crippen LogP contribution in [0.3, 0.4) is 0 Å². The number of hydrogen-bond donors (Lipinski definition) is 3. The lowest BCUT2D eigenvalue weighted by atomic mass is 9.88. The molecule has 2 saturated carbocycles. The quantitative estimate of drug-likeness (QED) is 0.705. The number of carbonyl (C=O) groups is 2. The molecule has 0 radical (unpaired) electrons. The van der Waals surface area contributed by atoms with Crippen molar-refractivity contribution >= 4 is 11.9 Å². The zero-order chi connectivity index (χ0) is 20.1. The molecule has 0 unspecified atom stereocenters. The number of aliphatic carboxylic acids is 2. The van der Waals surface area contributed by atoms with Gasteiger partial charge in [0.15, 0.2) is 0 Å². The van der Waals surface area contributed by atoms with Crippen LogP contribution in [-0.4, -0.2) is 39.5 Å². The number of alkyl halides is 1. The molecule has 2 aromatic carbocycles. The van der Waals surface area contributed by atoms with E-state index < -0.39 is 41.1 Å². The highest BCUT2D eigenvalue weighted by Gasteiger charge is 2.85. The van der Waals surface area contributed by atoms with Crippen molar-refractivity contribution in [2.45, 2.75) is 30.3 Å². The van der Waals surface area contributed by atoms with Crippen molar-refractivity contribution in [1.82, 2.24) is 0 Å². The Hall–Kier alpha value is -2.77. The second-order valence-corrected chi connectivity index (χ2v) is 7.50. The summed E-state index contributed by atoms with van der Waals surface area (Å²) in [6.07, 6.45) is -0.988. The van der Waals surface area contributed by atoms with Gasteiger partial charge in [0.25, 0.3) is 0 Å². The summed E-state index contributed by atoms with van der Waals surface area (Å²) < 4.78 is 20.3. The minimum absolute atomic E-state index is 0.0331. The fourth-order valence-electron chi connectivity index (χ4n) is 4.48. The number of halogens is 1. The maximum atomic E-state index is 14.6. The first-order valence-electron chi connectivity index (χ1n) is 9.00. The molecular formula is C21H20FNO5. The van der Waals surface area contributed by atoms with Gasteiger partial charge in [-0.15, -0.1) is 0 Å². The Labute approximate surface area is 160 Å². The zero-order valence-corrected chi connectivity index (χ0v) is 14.9. The Balaban J connectivity index is 1.50. The second-order valence-electron chi connectivity index (χ2n) is 7.50. The Morgan fingerprint density at radius 3 is 2.39 bits per heavy atom. The molecule has 5 atom stereocenters. The fraction of sp³-hybridized carbons (Fsp3) is 0.333. The summed E-state index contributed by atoms with van der Waals surface area (Å²) in [5.74, 6) is -5.32. The third-order valence-electron chi connectivity index (χ3n) is 5.98. The van der Waals surface area contributed by atoms with E-state index in [1.54, 1.807) is 0 Å². The number of nitrogens with two attached hydrogens (primary N) is 1. The fourth-order valence-corrected chi connectivity index (χ4v) is 4.48. The Morgan fingerprint density at radius 2 is 1.75 bits per heavy atom. The summed E-state index contributed by atoms with van der Waals surface area (Å²) in [6.45, 7) is 0.101. The van der Waals surface area contributed by atoms with Gasteiger partial charge in [0.2, 0.25) is 5.67 Å². The first-order valence-corrected chi connectivity index (χ1v) is 9.00. The van der Waals surface area contributed by atoms with Gasteiger partial charge in [-0.1, -0.05) is 48.5 Å². The maximum absolute atomic E-state index is 14.6. The third-order valence-corrected chi connectivity index (χ3v) is 5.98. The molecule has 0 heterocycles. The predicted octanol–water partition coefficient (Wildman–Crippen LogP) is 2.46. The number of carboxylic acid groups (broad SMARTS) is 2. The van der Waals surface area contributed by atoms with E-state index in [-0.39, 0.29) is 13.0 Å². The van der Waals surface area contributed by atoms with Gasteiger partial charge in [-0.2, -0.15) is 0 Å². The van der Waals surface area contributed by atoms with Crippen LogP contribution in [0.5, 0.6) is 0 Å². The number of fused-ring (bicyclic) bond motifs is 1. The molecule has 0 bridgehead atoms. The molecule has 7 heteroatoms. The van der Waals surface area contributed by atoms with Crippen LogP contribution in [0.1, 0.15) is 12.0 Å². The van der Waals surface area contributed by atoms with Crippen LogP contribution in [0.2, 0.25) is 0 Å². The van der Waals surface area contributed by atoms with Crippen LogP contribution >= 0.6 is 0 Å². The van der Waals surface area contributed by atoms with Crippen molar-refractivity contribution in [3.63, 3.8) is 0 Å². The monoisotopic (exact) mass is 385 g/mol. The molecule has 6 nitrogen and oxygen atoms in total. The summed E-state index contributed by atoms with van der Waals surface area (Å²) in [5, 5.41) is 18.7. The average Bonchev–Trinajstić information content (AvgIpc) is 3.17. The molecule has 2 aromatic rings. The summed E-state index contributed by atoms with van der Waals surface area (Å²) in [5.41, 5.74) is 4.20. The van der Waals surface area contributed by atoms with Gasteiger partial charge < -0.3 is 20.7 Å². The number of rotatable bonds is 6. The first kappa shape index (κ1) is 18.6. The first-order chi connectivity index (χ1) is 13.3. The van der Waals surface area contributed by atoms with Crippen LogP contribution in [-0.2, 0) is 20.9 Å². The standard InChI is InChI=1S/C21H20FNO5/c22-20(18(24)25)15-10-16(21(23,17(15)20)19(26)27)28-11-12-5-4-8-14(9-12)13-6-2-1-3-7-13/h1-9,15-17H,10-11,23H2,(H,24,25)(H,26,27)/t15-,16-,17+,20-,21+/m1/s1. The lowest BCUT2D eigenvalue weighted by Crippen LogP contribution is -2.60. The molecule has 2 fully saturated rings. The molecule has 0 amide bonds. The lowest BCUT2D eigenvalue weighted by molar-refractivity contribution is -0.156. The van der Waals surface area contributed by atoms with E-state index in [4.69, 9.17) is 15.6 Å². The minimum Gasteiger partial charge on any atom is -0.480 e. The molecular weight excluding hydrogens is 365 g/mol. The second kappa shape index (κ2) is 6.39. The van der Waals surface area contributed by atoms with Crippen LogP contribution in [0.25, 0.3) is 11.1 Å². The molecule has 0 aromatic heterocycles. The highest BCUT2D eigenvalue weighted by molar-refractivity contribution is 5.90. The summed E-state index contributed by atoms with van der Waals surface area (Å²) >= 11 is 0. The van der Waals surface area contributed by atoms with Crippen LogP contribution in [0, 0.1) is 11.8 Å². The van der Waals surface area contributed by atoms with Crippen LogP contribution in [0.4, 0.5) is 4.39 Å². The number of carboxylic acids is 2. The van der Waals surface area contributed by atoms with Crippen molar-refractivity contribution in [2.24, 2.45) is 17.6 Å². The van der Waals surface area contributed by atoms with Crippen LogP contribution < -0.4 is 5.73 Å². The molecule has 2 aliphatic carbocycles. The van der Waals surface area contributed by atoms with Gasteiger partial charge in [0.05, 0.1) is 12.7 Å². The van der Waals surface area contributed by atoms with Gasteiger partial charge in [0.1, 0.15) is 5.54 Å². The SMILES string of the molecule is N[C@]1(C(=O)O)[C@H]2[C@@H](C[C@H]1OCc1cccc(-c3ccccc3)c1)[C@]2(F)C(=O)O. The molecule has 2 aliphatic rings. The summed E-state index contributed by atoms with van der Waals surface area (Å²) in [7, 11) is 0. The summed E-state index contributed by atoms with van der Waals surface area (Å²) in [4.78, 5) is 23.0. The molecule has 28 heavy (non-hydrogen) atoms. The van der Waals surface area contributed by atoms with E-state index in [9.17, 15) is 19.1 Å². The van der Waals surface area contributed by atoms with Gasteiger partial charge in [0, 0.05) is 11.8 Å². The minimum atomic E-state index is -2.58. The van der Waals surface area contributed by atoms with E-state index in [0.717, 1.165) is 16.7 Å². The van der Waals surface area contributed by atoms with Crippen molar-refractivity contribution < 1.29 is 28.9 Å². The normalized spacial score (nSPS) is 33.3. The van der Waals surface area contributed by atoms with E-state index in [1.807, 2.05) is 54.6 Å². The maximum Gasteiger partial charge on any atom is 0.342 e. The Morgan fingerprint density at radius 1 is 1.07 bits per heavy atom. The summed E-state index contributed by atoms with van der Waals surface area (Å²) in [6, 6.07) is 17.4. The highest BCUT2D eigenvalue weighted by atomic mass is 19.1. The van der Waals surface area contributed by atoms with Crippen molar-refractivity contribution in [3.8, 4) is 11.1 Å². The van der Waals surface area contributed by atoms with Crippen molar-refractivity contribution in [2.75, 3.05) is 0 Å². The Kier molecular flexibility index (Phi) is 4.24. The molecule has 146 valence electrons. The molecule has 4 N–H and O–H groups in total. The lowest BCUT2D eigenvalue weighted by Gasteiger charge is -2.31. The zero-order valence-electron chi connectivity index (χ0n) is 14.9. The van der Waals surface area contributed by atoms with E-state index >= 15 is 0 Å². The van der Waals surface area contributed by atoms with Gasteiger partial charge in [-0.3, -0.25) is 4.79 Å². The average molecular weight is 385 g/mol. The largest absolute Gasteiger partial charge is 0.480 e. The van der Waals surface area contributed by atoms with E-state index in [1.165, 1.54) is 0 Å². The smallest absolute Gasteiger partial charge is 0.342 e. The van der Waals surface area contributed by atoms with Gasteiger partial charge in [-0.05, 0) is 29.2 Å². The van der Waals surface area contributed by atoms with Crippen molar-refractivity contribution in [3.05, 3.63) is 60.2 Å². The van der Waals surface area contributed by atoms with Gasteiger partial charge in [-0.25, -0.2) is 9.18 Å². The topological polar surface area (TPSA) is 110 Å². The molecule has 4 rings (SSSR count). The van der Waals surface area contributed by atoms with Crippen molar-refractivity contribution in [1.29, 1.82) is 0 Å². The van der Waals surface area contributed by atoms with E-state index in [2.05, 4.69) is 0 Å². The number of hydrogen-bond acceptors (Lipinski definition) is 4. The highest BCUT2D eigenvalue weighted by Crippen LogP contribution is 2.67.